The van der Waals surface area contributed by atoms with Gasteiger partial charge in [-0.15, -0.1) is 24.0 Å². The van der Waals surface area contributed by atoms with E-state index in [0.717, 1.165) is 16.7 Å². The predicted molar refractivity (Wildman–Crippen MR) is 113 cm³/mol. The van der Waals surface area contributed by atoms with Gasteiger partial charge in [-0.2, -0.15) is 0 Å². The Morgan fingerprint density at radius 2 is 2.20 bits per heavy atom. The van der Waals surface area contributed by atoms with Crippen LogP contribution in [0.1, 0.15) is 5.69 Å². The Balaban J connectivity index is 0.00000312. The number of halogens is 3. The summed E-state index contributed by atoms with van der Waals surface area (Å²) in [6.07, 6.45) is 3.53. The molecule has 2 aromatic rings. The molecule has 0 amide bonds. The van der Waals surface area contributed by atoms with E-state index in [1.807, 2.05) is 35.8 Å². The molecule has 0 aromatic carbocycles. The molecule has 9 heteroatoms. The number of guanidine groups is 1. The van der Waals surface area contributed by atoms with Crippen molar-refractivity contribution in [2.75, 3.05) is 27.2 Å². The fraction of sp³-hybridized carbons (Fsp3) is 0.375. The lowest BCUT2D eigenvalue weighted by atomic mass is 10.4. The minimum atomic E-state index is 0. The topological polar surface area (TPSA) is 54.7 Å². The number of rotatable bonds is 6. The van der Waals surface area contributed by atoms with E-state index in [0.29, 0.717) is 30.6 Å². The van der Waals surface area contributed by atoms with Crippen LogP contribution in [0.3, 0.4) is 0 Å². The Morgan fingerprint density at radius 1 is 1.44 bits per heavy atom. The molecular weight excluding hydrogens is 476 g/mol. The number of nitrogens with zero attached hydrogens (tertiary/aromatic N) is 4. The summed E-state index contributed by atoms with van der Waals surface area (Å²) in [7, 11) is 5.68. The predicted octanol–water partition coefficient (Wildman–Crippen LogP) is 3.43. The van der Waals surface area contributed by atoms with Crippen molar-refractivity contribution >= 4 is 53.1 Å². The highest BCUT2D eigenvalue weighted by Crippen LogP contribution is 2.19. The molecule has 1 N–H and O–H groups in total. The molecule has 2 heterocycles. The van der Waals surface area contributed by atoms with E-state index in [4.69, 9.17) is 27.9 Å². The van der Waals surface area contributed by atoms with Crippen molar-refractivity contribution in [1.29, 1.82) is 0 Å². The van der Waals surface area contributed by atoms with Crippen molar-refractivity contribution < 1.29 is 4.74 Å². The van der Waals surface area contributed by atoms with E-state index in [9.17, 15) is 0 Å². The molecule has 25 heavy (non-hydrogen) atoms. The van der Waals surface area contributed by atoms with Crippen molar-refractivity contribution in [3.05, 3.63) is 46.3 Å². The van der Waals surface area contributed by atoms with Crippen LogP contribution in [0.25, 0.3) is 0 Å². The molecule has 2 aromatic heterocycles. The van der Waals surface area contributed by atoms with Crippen LogP contribution < -0.4 is 10.1 Å². The number of nitrogens with one attached hydrogen (secondary N) is 1. The van der Waals surface area contributed by atoms with Gasteiger partial charge in [0.2, 0.25) is 5.88 Å². The number of hydrogen-bond donors (Lipinski definition) is 1. The SMILES string of the molecule is CN=C(NCCOc1ncccc1Cl)N(C)Cc1cc(Cl)cn1C.I. The van der Waals surface area contributed by atoms with E-state index in [1.165, 1.54) is 0 Å². The van der Waals surface area contributed by atoms with Gasteiger partial charge in [-0.05, 0) is 18.2 Å². The van der Waals surface area contributed by atoms with Crippen LogP contribution in [0.4, 0.5) is 0 Å². The highest BCUT2D eigenvalue weighted by Gasteiger charge is 2.09. The van der Waals surface area contributed by atoms with Crippen LogP contribution >= 0.6 is 47.2 Å². The van der Waals surface area contributed by atoms with Gasteiger partial charge in [-0.3, -0.25) is 4.99 Å². The van der Waals surface area contributed by atoms with Crippen molar-refractivity contribution in [1.82, 2.24) is 19.8 Å². The number of hydrogen-bond acceptors (Lipinski definition) is 3. The fourth-order valence-corrected chi connectivity index (χ4v) is 2.66. The third-order valence-electron chi connectivity index (χ3n) is 3.40. The molecule has 2 rings (SSSR count). The quantitative estimate of drug-likeness (QED) is 0.287. The van der Waals surface area contributed by atoms with Crippen molar-refractivity contribution in [2.45, 2.75) is 6.54 Å². The molecule has 0 spiro atoms. The number of aryl methyl sites for hydroxylation is 1. The maximum absolute atomic E-state index is 6.02. The fourth-order valence-electron chi connectivity index (χ4n) is 2.21. The second kappa shape index (κ2) is 10.7. The lowest BCUT2D eigenvalue weighted by Gasteiger charge is -2.22. The van der Waals surface area contributed by atoms with Gasteiger partial charge in [0, 0.05) is 39.2 Å². The number of aliphatic imine (C=N–C) groups is 1. The van der Waals surface area contributed by atoms with E-state index >= 15 is 0 Å². The Labute approximate surface area is 175 Å². The largest absolute Gasteiger partial charge is 0.475 e. The van der Waals surface area contributed by atoms with E-state index in [2.05, 4.69) is 15.3 Å². The van der Waals surface area contributed by atoms with E-state index in [1.54, 1.807) is 25.4 Å². The molecule has 0 saturated heterocycles. The zero-order valence-corrected chi connectivity index (χ0v) is 18.2. The maximum atomic E-state index is 6.02. The molecule has 0 atom stereocenters. The summed E-state index contributed by atoms with van der Waals surface area (Å²) < 4.78 is 7.55. The summed E-state index contributed by atoms with van der Waals surface area (Å²) in [6, 6.07) is 5.45. The summed E-state index contributed by atoms with van der Waals surface area (Å²) >= 11 is 12.0. The molecular formula is C16H22Cl2IN5O. The second-order valence-electron chi connectivity index (χ2n) is 5.23. The van der Waals surface area contributed by atoms with Crippen LogP contribution in [-0.4, -0.2) is 47.7 Å². The average molecular weight is 498 g/mol. The Kier molecular flexibility index (Phi) is 9.37. The third-order valence-corrected chi connectivity index (χ3v) is 3.89. The molecule has 0 unspecified atom stereocenters. The van der Waals surface area contributed by atoms with Gasteiger partial charge in [0.15, 0.2) is 5.96 Å². The van der Waals surface area contributed by atoms with Crippen LogP contribution in [-0.2, 0) is 13.6 Å². The van der Waals surface area contributed by atoms with Crippen molar-refractivity contribution in [3.63, 3.8) is 0 Å². The van der Waals surface area contributed by atoms with Gasteiger partial charge in [0.25, 0.3) is 0 Å². The molecule has 0 bridgehead atoms. The van der Waals surface area contributed by atoms with Gasteiger partial charge < -0.3 is 19.5 Å². The van der Waals surface area contributed by atoms with Gasteiger partial charge in [-0.25, -0.2) is 4.98 Å². The first-order valence-corrected chi connectivity index (χ1v) is 8.22. The molecule has 0 aliphatic carbocycles. The van der Waals surface area contributed by atoms with Crippen LogP contribution in [0.5, 0.6) is 5.88 Å². The molecule has 0 saturated carbocycles. The molecule has 0 aliphatic heterocycles. The summed E-state index contributed by atoms with van der Waals surface area (Å²) in [5, 5.41) is 4.47. The van der Waals surface area contributed by atoms with E-state index in [-0.39, 0.29) is 24.0 Å². The summed E-state index contributed by atoms with van der Waals surface area (Å²) in [4.78, 5) is 10.4. The number of ether oxygens (including phenoxy) is 1. The third kappa shape index (κ3) is 6.56. The lowest BCUT2D eigenvalue weighted by molar-refractivity contribution is 0.307. The standard InChI is InChI=1S/C16H21Cl2N5O.HI/c1-19-16(23(3)11-13-9-12(17)10-22(13)2)21-7-8-24-15-14(18)5-4-6-20-15;/h4-6,9-10H,7-8,11H2,1-3H3,(H,19,21);1H. The Morgan fingerprint density at radius 3 is 2.80 bits per heavy atom. The van der Waals surface area contributed by atoms with Crippen molar-refractivity contribution in [3.8, 4) is 5.88 Å². The van der Waals surface area contributed by atoms with Gasteiger partial charge in [0.05, 0.1) is 18.1 Å². The minimum absolute atomic E-state index is 0. The second-order valence-corrected chi connectivity index (χ2v) is 6.07. The van der Waals surface area contributed by atoms with Crippen LogP contribution in [0.2, 0.25) is 10.0 Å². The van der Waals surface area contributed by atoms with Gasteiger partial charge >= 0.3 is 0 Å². The summed E-state index contributed by atoms with van der Waals surface area (Å²) in [6.45, 7) is 1.70. The first kappa shape index (κ1) is 21.9. The maximum Gasteiger partial charge on any atom is 0.232 e. The van der Waals surface area contributed by atoms with Crippen molar-refractivity contribution in [2.24, 2.45) is 12.0 Å². The zero-order valence-electron chi connectivity index (χ0n) is 14.4. The summed E-state index contributed by atoms with van der Waals surface area (Å²) in [5.74, 6) is 1.20. The van der Waals surface area contributed by atoms with Crippen LogP contribution in [0.15, 0.2) is 35.6 Å². The number of pyridine rings is 1. The van der Waals surface area contributed by atoms with Gasteiger partial charge in [-0.1, -0.05) is 23.2 Å². The zero-order chi connectivity index (χ0) is 17.5. The van der Waals surface area contributed by atoms with E-state index < -0.39 is 0 Å². The highest BCUT2D eigenvalue weighted by molar-refractivity contribution is 14.0. The lowest BCUT2D eigenvalue weighted by Crippen LogP contribution is -2.40. The Hall–Kier alpha value is -1.19. The average Bonchev–Trinajstić information content (AvgIpc) is 2.86. The first-order chi connectivity index (χ1) is 11.5. The normalized spacial score (nSPS) is 11.0. The molecule has 0 fully saturated rings. The smallest absolute Gasteiger partial charge is 0.232 e. The number of aromatic nitrogens is 2. The Bertz CT molecular complexity index is 708. The molecule has 138 valence electrons. The molecule has 0 radical (unpaired) electrons. The van der Waals surface area contributed by atoms with Crippen LogP contribution in [0, 0.1) is 0 Å². The first-order valence-electron chi connectivity index (χ1n) is 7.47. The molecule has 6 nitrogen and oxygen atoms in total. The highest BCUT2D eigenvalue weighted by atomic mass is 127. The van der Waals surface area contributed by atoms with Gasteiger partial charge in [0.1, 0.15) is 11.6 Å². The monoisotopic (exact) mass is 497 g/mol. The molecule has 0 aliphatic rings. The minimum Gasteiger partial charge on any atom is -0.475 e. The summed E-state index contributed by atoms with van der Waals surface area (Å²) in [5.41, 5.74) is 1.10.